The highest BCUT2D eigenvalue weighted by atomic mass is 16.7. The van der Waals surface area contributed by atoms with Crippen LogP contribution >= 0.6 is 0 Å². The van der Waals surface area contributed by atoms with Gasteiger partial charge in [-0.1, -0.05) is 107 Å². The molecule has 49 heavy (non-hydrogen) atoms. The van der Waals surface area contributed by atoms with E-state index in [0.29, 0.717) is 25.7 Å². The Balaban J connectivity index is 5.65. The van der Waals surface area contributed by atoms with E-state index in [1.54, 1.807) is 0 Å². The van der Waals surface area contributed by atoms with Crippen LogP contribution in [0.4, 0.5) is 0 Å². The quantitative estimate of drug-likeness (QED) is 0.0382. The molecule has 0 aliphatic heterocycles. The van der Waals surface area contributed by atoms with Crippen LogP contribution in [0.2, 0.25) is 0 Å². The lowest BCUT2D eigenvalue weighted by Crippen LogP contribution is -2.35. The molecule has 0 rings (SSSR count). The van der Waals surface area contributed by atoms with Gasteiger partial charge in [-0.3, -0.25) is 19.2 Å². The Morgan fingerprint density at radius 1 is 0.388 bits per heavy atom. The summed E-state index contributed by atoms with van der Waals surface area (Å²) in [5, 5.41) is 0. The Bertz CT molecular complexity index is 731. The molecule has 0 N–H and O–H groups in total. The molecule has 0 fully saturated rings. The lowest BCUT2D eigenvalue weighted by molar-refractivity contribution is -0.186. The molecule has 0 aliphatic rings. The molecule has 10 heteroatoms. The van der Waals surface area contributed by atoms with E-state index in [0.717, 1.165) is 77.0 Å². The SMILES string of the molecule is CCCCC(CC)C(=O)OCC(COC(=O)C(CC)CCCC)OCOC(COC(=O)C(CC)CCCC)COC(=O)C(CC)CCCC. The average Bonchev–Trinajstić information content (AvgIpc) is 3.11. The number of unbranched alkanes of at least 4 members (excludes halogenated alkanes) is 4. The smallest absolute Gasteiger partial charge is 0.309 e. The number of rotatable bonds is 32. The van der Waals surface area contributed by atoms with Crippen LogP contribution in [-0.4, -0.2) is 69.3 Å². The monoisotopic (exact) mass is 701 g/mol. The van der Waals surface area contributed by atoms with Crippen LogP contribution in [0.1, 0.15) is 158 Å². The van der Waals surface area contributed by atoms with Crippen molar-refractivity contribution in [2.24, 2.45) is 23.7 Å². The summed E-state index contributed by atoms with van der Waals surface area (Å²) in [6.45, 7) is 15.5. The van der Waals surface area contributed by atoms with Crippen molar-refractivity contribution in [1.82, 2.24) is 0 Å². The van der Waals surface area contributed by atoms with Gasteiger partial charge in [0.1, 0.15) is 45.4 Å². The minimum Gasteiger partial charge on any atom is -0.463 e. The fourth-order valence-electron chi connectivity index (χ4n) is 5.45. The molecule has 0 aliphatic carbocycles. The summed E-state index contributed by atoms with van der Waals surface area (Å²) in [4.78, 5) is 51.4. The van der Waals surface area contributed by atoms with Gasteiger partial charge in [-0.2, -0.15) is 0 Å². The molecule has 4 atom stereocenters. The van der Waals surface area contributed by atoms with Crippen LogP contribution in [0.15, 0.2) is 0 Å². The molecule has 0 saturated carbocycles. The maximum Gasteiger partial charge on any atom is 0.309 e. The van der Waals surface area contributed by atoms with E-state index < -0.39 is 12.2 Å². The summed E-state index contributed by atoms with van der Waals surface area (Å²) in [7, 11) is 0. The number of hydrogen-bond acceptors (Lipinski definition) is 10. The highest BCUT2D eigenvalue weighted by Gasteiger charge is 2.26. The molecule has 0 bridgehead atoms. The van der Waals surface area contributed by atoms with Gasteiger partial charge in [0, 0.05) is 0 Å². The lowest BCUT2D eigenvalue weighted by atomic mass is 10.00. The van der Waals surface area contributed by atoms with Crippen molar-refractivity contribution in [3.63, 3.8) is 0 Å². The van der Waals surface area contributed by atoms with Gasteiger partial charge < -0.3 is 28.4 Å². The molecule has 0 amide bonds. The first-order valence-electron chi connectivity index (χ1n) is 19.5. The maximum absolute atomic E-state index is 12.9. The van der Waals surface area contributed by atoms with Crippen LogP contribution < -0.4 is 0 Å². The lowest BCUT2D eigenvalue weighted by Gasteiger charge is -2.24. The van der Waals surface area contributed by atoms with Crippen molar-refractivity contribution in [1.29, 1.82) is 0 Å². The first kappa shape index (κ1) is 46.8. The molecule has 0 aromatic rings. The zero-order chi connectivity index (χ0) is 36.9. The van der Waals surface area contributed by atoms with Gasteiger partial charge in [0.25, 0.3) is 0 Å². The summed E-state index contributed by atoms with van der Waals surface area (Å²) >= 11 is 0. The van der Waals surface area contributed by atoms with Gasteiger partial charge in [-0.15, -0.1) is 0 Å². The number of carbonyl (C=O) groups excluding carboxylic acids is 4. The minimum atomic E-state index is -0.775. The Morgan fingerprint density at radius 3 is 0.796 bits per heavy atom. The second kappa shape index (κ2) is 30.6. The molecule has 10 nitrogen and oxygen atoms in total. The second-order valence-corrected chi connectivity index (χ2v) is 13.2. The third kappa shape index (κ3) is 21.6. The molecule has 0 spiro atoms. The van der Waals surface area contributed by atoms with Crippen LogP contribution in [0.25, 0.3) is 0 Å². The topological polar surface area (TPSA) is 124 Å². The molecule has 0 aromatic heterocycles. The van der Waals surface area contributed by atoms with Crippen molar-refractivity contribution < 1.29 is 47.6 Å². The average molecular weight is 701 g/mol. The molecule has 0 heterocycles. The number of esters is 4. The van der Waals surface area contributed by atoms with Crippen molar-refractivity contribution in [2.75, 3.05) is 33.2 Å². The normalized spacial score (nSPS) is 15.0. The third-order valence-corrected chi connectivity index (χ3v) is 9.18. The van der Waals surface area contributed by atoms with Crippen molar-refractivity contribution >= 4 is 23.9 Å². The number of carbonyl (C=O) groups is 4. The van der Waals surface area contributed by atoms with Crippen LogP contribution in [0.3, 0.4) is 0 Å². The summed E-state index contributed by atoms with van der Waals surface area (Å²) in [5.41, 5.74) is 0. The van der Waals surface area contributed by atoms with E-state index in [1.165, 1.54) is 0 Å². The van der Waals surface area contributed by atoms with Gasteiger partial charge in [0.05, 0.1) is 23.7 Å². The van der Waals surface area contributed by atoms with Crippen molar-refractivity contribution in [2.45, 2.75) is 170 Å². The Kier molecular flexibility index (Phi) is 29.2. The Hall–Kier alpha value is -2.20. The van der Waals surface area contributed by atoms with Crippen LogP contribution in [-0.2, 0) is 47.6 Å². The standard InChI is InChI=1S/C39H72O10/c1-9-17-21-30(13-5)36(40)44-25-34(26-45-37(41)31(14-6)22-18-10-2)48-29-49-35(27-46-38(42)32(15-7)23-19-11-3)28-47-39(43)33(16-8)24-20-12-4/h30-35H,9-29H2,1-8H3. The summed E-state index contributed by atoms with van der Waals surface area (Å²) in [6, 6.07) is 0. The van der Waals surface area contributed by atoms with Crippen LogP contribution in [0, 0.1) is 23.7 Å². The van der Waals surface area contributed by atoms with E-state index >= 15 is 0 Å². The van der Waals surface area contributed by atoms with Gasteiger partial charge in [0.2, 0.25) is 0 Å². The zero-order valence-corrected chi connectivity index (χ0v) is 32.4. The maximum atomic E-state index is 12.9. The van der Waals surface area contributed by atoms with Crippen molar-refractivity contribution in [3.05, 3.63) is 0 Å². The van der Waals surface area contributed by atoms with Crippen LogP contribution in [0.5, 0.6) is 0 Å². The zero-order valence-electron chi connectivity index (χ0n) is 32.4. The highest BCUT2D eigenvalue weighted by molar-refractivity contribution is 5.73. The van der Waals surface area contributed by atoms with E-state index in [1.807, 2.05) is 27.7 Å². The highest BCUT2D eigenvalue weighted by Crippen LogP contribution is 2.19. The number of ether oxygens (including phenoxy) is 6. The van der Waals surface area contributed by atoms with E-state index in [9.17, 15) is 19.2 Å². The molecule has 4 unspecified atom stereocenters. The van der Waals surface area contributed by atoms with Gasteiger partial charge in [0.15, 0.2) is 0 Å². The summed E-state index contributed by atoms with van der Waals surface area (Å²) in [5.74, 6) is -2.04. The largest absolute Gasteiger partial charge is 0.463 e. The molecular formula is C39H72O10. The fraction of sp³-hybridized carbons (Fsp3) is 0.897. The summed E-state index contributed by atoms with van der Waals surface area (Å²) in [6.07, 6.45) is 11.8. The molecule has 0 aromatic carbocycles. The third-order valence-electron chi connectivity index (χ3n) is 9.18. The fourth-order valence-corrected chi connectivity index (χ4v) is 5.45. The number of hydrogen-bond donors (Lipinski definition) is 0. The molecule has 0 radical (unpaired) electrons. The predicted molar refractivity (Wildman–Crippen MR) is 192 cm³/mol. The predicted octanol–water partition coefficient (Wildman–Crippen LogP) is 8.75. The van der Waals surface area contributed by atoms with Gasteiger partial charge in [-0.05, 0) is 51.4 Å². The van der Waals surface area contributed by atoms with E-state index in [2.05, 4.69) is 27.7 Å². The van der Waals surface area contributed by atoms with E-state index in [4.69, 9.17) is 28.4 Å². The van der Waals surface area contributed by atoms with Crippen molar-refractivity contribution in [3.8, 4) is 0 Å². The molecular weight excluding hydrogens is 628 g/mol. The molecule has 0 saturated heterocycles. The first-order chi connectivity index (χ1) is 23.6. The molecule has 288 valence electrons. The van der Waals surface area contributed by atoms with Gasteiger partial charge >= 0.3 is 23.9 Å². The van der Waals surface area contributed by atoms with Gasteiger partial charge in [-0.25, -0.2) is 0 Å². The Labute approximate surface area is 298 Å². The Morgan fingerprint density at radius 2 is 0.612 bits per heavy atom. The van der Waals surface area contributed by atoms with E-state index in [-0.39, 0.29) is 80.8 Å². The summed E-state index contributed by atoms with van der Waals surface area (Å²) < 4.78 is 34.5. The minimum absolute atomic E-state index is 0.107. The first-order valence-corrected chi connectivity index (χ1v) is 19.5. The second-order valence-electron chi connectivity index (χ2n) is 13.2.